The van der Waals surface area contributed by atoms with Gasteiger partial charge in [-0.15, -0.1) is 0 Å². The summed E-state index contributed by atoms with van der Waals surface area (Å²) in [5.74, 6) is -1.42. The van der Waals surface area contributed by atoms with Crippen molar-refractivity contribution in [2.24, 2.45) is 0 Å². The molecular formula is C14H20N2O5S. The fourth-order valence-electron chi connectivity index (χ4n) is 1.61. The Morgan fingerprint density at radius 1 is 1.23 bits per heavy atom. The molecule has 0 unspecified atom stereocenters. The van der Waals surface area contributed by atoms with Gasteiger partial charge >= 0.3 is 5.97 Å². The summed E-state index contributed by atoms with van der Waals surface area (Å²) in [5, 5.41) is 11.7. The maximum absolute atomic E-state index is 11.7. The Hall–Kier alpha value is -1.93. The molecule has 8 heteroatoms. The standard InChI is InChI=1S/C14H20N2O5S/c1-14(2,13(18)19)10-5-7-11(8-6-10)15-12(17)9-16(3)22(4,20)21/h5-8H,9H2,1-4H3,(H,15,17)(H,18,19). The van der Waals surface area contributed by atoms with E-state index in [2.05, 4.69) is 5.32 Å². The molecule has 0 atom stereocenters. The number of carboxylic acids is 1. The number of carbonyl (C=O) groups excluding carboxylic acids is 1. The molecule has 1 amide bonds. The van der Waals surface area contributed by atoms with Crippen molar-refractivity contribution in [3.63, 3.8) is 0 Å². The Morgan fingerprint density at radius 3 is 2.14 bits per heavy atom. The molecule has 1 aromatic carbocycles. The average molecular weight is 328 g/mol. The fourth-order valence-corrected chi connectivity index (χ4v) is 1.97. The number of sulfonamides is 1. The van der Waals surface area contributed by atoms with Crippen molar-refractivity contribution >= 4 is 27.6 Å². The number of anilines is 1. The van der Waals surface area contributed by atoms with Gasteiger partial charge in [0, 0.05) is 12.7 Å². The molecule has 122 valence electrons. The van der Waals surface area contributed by atoms with E-state index in [4.69, 9.17) is 5.11 Å². The minimum absolute atomic E-state index is 0.290. The van der Waals surface area contributed by atoms with Crippen molar-refractivity contribution in [1.29, 1.82) is 0 Å². The lowest BCUT2D eigenvalue weighted by Crippen LogP contribution is -2.34. The van der Waals surface area contributed by atoms with Crippen LogP contribution in [0.2, 0.25) is 0 Å². The van der Waals surface area contributed by atoms with Gasteiger partial charge in [-0.3, -0.25) is 9.59 Å². The Morgan fingerprint density at radius 2 is 1.73 bits per heavy atom. The first kappa shape index (κ1) is 18.1. The van der Waals surface area contributed by atoms with Gasteiger partial charge in [-0.05, 0) is 31.5 Å². The van der Waals surface area contributed by atoms with Crippen LogP contribution in [0.15, 0.2) is 24.3 Å². The lowest BCUT2D eigenvalue weighted by Gasteiger charge is -2.20. The molecule has 1 aromatic rings. The molecule has 0 aliphatic heterocycles. The predicted molar refractivity (Wildman–Crippen MR) is 83.2 cm³/mol. The van der Waals surface area contributed by atoms with Gasteiger partial charge in [-0.25, -0.2) is 8.42 Å². The van der Waals surface area contributed by atoms with Crippen LogP contribution in [0.5, 0.6) is 0 Å². The van der Waals surface area contributed by atoms with Crippen molar-refractivity contribution in [1.82, 2.24) is 4.31 Å². The molecule has 0 saturated carbocycles. The highest BCUT2D eigenvalue weighted by atomic mass is 32.2. The van der Waals surface area contributed by atoms with E-state index in [0.717, 1.165) is 10.6 Å². The summed E-state index contributed by atoms with van der Waals surface area (Å²) >= 11 is 0. The molecule has 0 aliphatic rings. The molecule has 0 spiro atoms. The van der Waals surface area contributed by atoms with E-state index in [9.17, 15) is 18.0 Å². The molecule has 2 N–H and O–H groups in total. The van der Waals surface area contributed by atoms with Crippen LogP contribution in [0.3, 0.4) is 0 Å². The highest BCUT2D eigenvalue weighted by molar-refractivity contribution is 7.88. The minimum atomic E-state index is -3.42. The molecule has 0 bridgehead atoms. The SMILES string of the molecule is CN(CC(=O)Nc1ccc(C(C)(C)C(=O)O)cc1)S(C)(=O)=O. The summed E-state index contributed by atoms with van der Waals surface area (Å²) in [5.41, 5.74) is 0.0436. The number of nitrogens with one attached hydrogen (secondary N) is 1. The summed E-state index contributed by atoms with van der Waals surface area (Å²) in [7, 11) is -2.11. The van der Waals surface area contributed by atoms with Crippen molar-refractivity contribution in [2.75, 3.05) is 25.2 Å². The highest BCUT2D eigenvalue weighted by Crippen LogP contribution is 2.24. The number of carboxylic acid groups (broad SMARTS) is 1. The number of nitrogens with zero attached hydrogens (tertiary/aromatic N) is 1. The van der Waals surface area contributed by atoms with E-state index in [1.165, 1.54) is 7.05 Å². The maximum Gasteiger partial charge on any atom is 0.313 e. The van der Waals surface area contributed by atoms with Gasteiger partial charge in [0.1, 0.15) is 0 Å². The Kier molecular flexibility index (Phi) is 5.31. The smallest absolute Gasteiger partial charge is 0.313 e. The highest BCUT2D eigenvalue weighted by Gasteiger charge is 2.29. The molecule has 0 fully saturated rings. The number of hydrogen-bond acceptors (Lipinski definition) is 4. The molecule has 0 aromatic heterocycles. The third-order valence-corrected chi connectivity index (χ3v) is 4.62. The van der Waals surface area contributed by atoms with Gasteiger partial charge in [0.25, 0.3) is 0 Å². The van der Waals surface area contributed by atoms with Crippen LogP contribution in [-0.4, -0.2) is 49.6 Å². The summed E-state index contributed by atoms with van der Waals surface area (Å²) in [6.45, 7) is 2.88. The zero-order valence-corrected chi connectivity index (χ0v) is 13.8. The van der Waals surface area contributed by atoms with Gasteiger partial charge < -0.3 is 10.4 Å². The van der Waals surface area contributed by atoms with Crippen molar-refractivity contribution < 1.29 is 23.1 Å². The van der Waals surface area contributed by atoms with E-state index in [1.807, 2.05) is 0 Å². The van der Waals surface area contributed by atoms with Gasteiger partial charge in [-0.2, -0.15) is 4.31 Å². The minimum Gasteiger partial charge on any atom is -0.481 e. The lowest BCUT2D eigenvalue weighted by atomic mass is 9.85. The number of benzene rings is 1. The predicted octanol–water partition coefficient (Wildman–Crippen LogP) is 0.879. The van der Waals surface area contributed by atoms with E-state index in [0.29, 0.717) is 11.3 Å². The first-order chi connectivity index (χ1) is 9.94. The van der Waals surface area contributed by atoms with Gasteiger partial charge in [-0.1, -0.05) is 12.1 Å². The van der Waals surface area contributed by atoms with Crippen molar-refractivity contribution in [3.8, 4) is 0 Å². The van der Waals surface area contributed by atoms with Crippen LogP contribution in [0, 0.1) is 0 Å². The number of amides is 1. The Labute approximate surface area is 130 Å². The second-order valence-electron chi connectivity index (χ2n) is 5.57. The molecule has 1 rings (SSSR count). The largest absolute Gasteiger partial charge is 0.481 e. The van der Waals surface area contributed by atoms with E-state index < -0.39 is 27.3 Å². The van der Waals surface area contributed by atoms with Crippen molar-refractivity contribution in [3.05, 3.63) is 29.8 Å². The van der Waals surface area contributed by atoms with Crippen LogP contribution in [0.1, 0.15) is 19.4 Å². The molecule has 0 saturated heterocycles. The van der Waals surface area contributed by atoms with Gasteiger partial charge in [0.15, 0.2) is 0 Å². The summed E-state index contributed by atoms with van der Waals surface area (Å²) in [4.78, 5) is 22.9. The number of aliphatic carboxylic acids is 1. The van der Waals surface area contributed by atoms with E-state index in [1.54, 1.807) is 38.1 Å². The summed E-state index contributed by atoms with van der Waals surface area (Å²) in [6, 6.07) is 6.39. The second kappa shape index (κ2) is 6.45. The molecular weight excluding hydrogens is 308 g/mol. The third-order valence-electron chi connectivity index (χ3n) is 3.36. The van der Waals surface area contributed by atoms with Crippen LogP contribution >= 0.6 is 0 Å². The average Bonchev–Trinajstić information content (AvgIpc) is 2.37. The fraction of sp³-hybridized carbons (Fsp3) is 0.429. The summed E-state index contributed by atoms with van der Waals surface area (Å²) < 4.78 is 23.4. The second-order valence-corrected chi connectivity index (χ2v) is 7.66. The van der Waals surface area contributed by atoms with Crippen molar-refractivity contribution in [2.45, 2.75) is 19.3 Å². The molecule has 22 heavy (non-hydrogen) atoms. The van der Waals surface area contributed by atoms with E-state index >= 15 is 0 Å². The zero-order valence-electron chi connectivity index (χ0n) is 13.0. The molecule has 0 heterocycles. The monoisotopic (exact) mass is 328 g/mol. The third kappa shape index (κ3) is 4.54. The lowest BCUT2D eigenvalue weighted by molar-refractivity contribution is -0.142. The van der Waals surface area contributed by atoms with Crippen LogP contribution in [0.25, 0.3) is 0 Å². The maximum atomic E-state index is 11.7. The molecule has 0 aliphatic carbocycles. The molecule has 0 radical (unpaired) electrons. The van der Waals surface area contributed by atoms with Crippen LogP contribution in [0.4, 0.5) is 5.69 Å². The van der Waals surface area contributed by atoms with Gasteiger partial charge in [0.2, 0.25) is 15.9 Å². The van der Waals surface area contributed by atoms with Crippen LogP contribution in [-0.2, 0) is 25.0 Å². The quantitative estimate of drug-likeness (QED) is 0.807. The van der Waals surface area contributed by atoms with Gasteiger partial charge in [0.05, 0.1) is 18.2 Å². The number of carbonyl (C=O) groups is 2. The molecule has 7 nitrogen and oxygen atoms in total. The van der Waals surface area contributed by atoms with E-state index in [-0.39, 0.29) is 6.54 Å². The normalized spacial score (nSPS) is 12.2. The zero-order chi connectivity index (χ0) is 17.1. The number of hydrogen-bond donors (Lipinski definition) is 2. The Balaban J connectivity index is 2.77. The first-order valence-corrected chi connectivity index (χ1v) is 8.34. The first-order valence-electron chi connectivity index (χ1n) is 6.49. The Bertz CT molecular complexity index is 665. The topological polar surface area (TPSA) is 104 Å². The number of likely N-dealkylation sites (N-methyl/N-ethyl adjacent to an activating group) is 1. The summed E-state index contributed by atoms with van der Waals surface area (Å²) in [6.07, 6.45) is 1.02. The van der Waals surface area contributed by atoms with Crippen LogP contribution < -0.4 is 5.32 Å². The number of rotatable bonds is 6.